The van der Waals surface area contributed by atoms with E-state index in [2.05, 4.69) is 19.7 Å². The van der Waals surface area contributed by atoms with E-state index in [1.54, 1.807) is 30.6 Å². The minimum atomic E-state index is -3.88. The minimum absolute atomic E-state index is 0.0734. The summed E-state index contributed by atoms with van der Waals surface area (Å²) >= 11 is 0. The van der Waals surface area contributed by atoms with Gasteiger partial charge in [-0.05, 0) is 24.1 Å². The Morgan fingerprint density at radius 1 is 1.04 bits per heavy atom. The number of rotatable bonds is 6. The quantitative estimate of drug-likeness (QED) is 0.668. The van der Waals surface area contributed by atoms with Crippen LogP contribution in [0, 0.1) is 0 Å². The second-order valence-corrected chi connectivity index (χ2v) is 8.01. The van der Waals surface area contributed by atoms with Crippen LogP contribution in [0.2, 0.25) is 0 Å². The summed E-state index contributed by atoms with van der Waals surface area (Å²) in [6.07, 6.45) is 4.01. The third kappa shape index (κ3) is 3.59. The molecule has 7 nitrogen and oxygen atoms in total. The van der Waals surface area contributed by atoms with Crippen molar-refractivity contribution in [3.63, 3.8) is 0 Å². The third-order valence-electron chi connectivity index (χ3n) is 4.61. The smallest absolute Gasteiger partial charge is 0.286 e. The summed E-state index contributed by atoms with van der Waals surface area (Å²) in [5.74, 6) is 0.152. The van der Waals surface area contributed by atoms with Crippen molar-refractivity contribution in [2.45, 2.75) is 23.7 Å². The van der Waals surface area contributed by atoms with Crippen molar-refractivity contribution >= 4 is 27.3 Å². The van der Waals surface area contributed by atoms with Crippen LogP contribution in [0.25, 0.3) is 0 Å². The van der Waals surface area contributed by atoms with Crippen LogP contribution in [0.4, 0.5) is 5.69 Å². The molecule has 1 unspecified atom stereocenters. The number of nitrogens with zero attached hydrogens (tertiary/aromatic N) is 2. The van der Waals surface area contributed by atoms with Gasteiger partial charge in [-0.25, -0.2) is 4.98 Å². The lowest BCUT2D eigenvalue weighted by Gasteiger charge is -2.18. The van der Waals surface area contributed by atoms with E-state index in [0.717, 1.165) is 11.4 Å². The van der Waals surface area contributed by atoms with Crippen LogP contribution in [-0.4, -0.2) is 30.0 Å². The largest absolute Gasteiger partial charge is 0.348 e. The van der Waals surface area contributed by atoms with Gasteiger partial charge in [-0.1, -0.05) is 42.5 Å². The Morgan fingerprint density at radius 2 is 1.79 bits per heavy atom. The number of Topliss-reactive ketones (excluding diaryl/α,β-unsaturated/α-hetero) is 1. The molecule has 142 valence electrons. The summed E-state index contributed by atoms with van der Waals surface area (Å²) in [4.78, 5) is 20.2. The number of para-hydroxylation sites is 1. The highest BCUT2D eigenvalue weighted by atomic mass is 32.2. The van der Waals surface area contributed by atoms with Gasteiger partial charge in [-0.2, -0.15) is 8.42 Å². The number of H-pyrrole nitrogens is 1. The lowest BCUT2D eigenvalue weighted by atomic mass is 9.92. The summed E-state index contributed by atoms with van der Waals surface area (Å²) in [6, 6.07) is 16.2. The number of imidazole rings is 1. The molecule has 0 fully saturated rings. The molecule has 2 N–H and O–H groups in total. The molecule has 0 saturated carbocycles. The van der Waals surface area contributed by atoms with E-state index < -0.39 is 10.0 Å². The Bertz CT molecular complexity index is 1120. The van der Waals surface area contributed by atoms with Crippen molar-refractivity contribution in [3.05, 3.63) is 78.4 Å². The third-order valence-corrected chi connectivity index (χ3v) is 5.94. The number of nitrogens with one attached hydrogen (secondary N) is 2. The van der Waals surface area contributed by atoms with E-state index in [-0.39, 0.29) is 28.9 Å². The molecule has 0 spiro atoms. The number of hydrogen-bond donors (Lipinski definition) is 2. The number of amidine groups is 1. The Labute approximate surface area is 162 Å². The molecule has 1 atom stereocenters. The van der Waals surface area contributed by atoms with Gasteiger partial charge >= 0.3 is 0 Å². The number of aromatic nitrogens is 2. The van der Waals surface area contributed by atoms with Gasteiger partial charge in [0.2, 0.25) is 0 Å². The number of ketones is 1. The van der Waals surface area contributed by atoms with Crippen LogP contribution in [-0.2, 0) is 14.8 Å². The lowest BCUT2D eigenvalue weighted by molar-refractivity contribution is -0.113. The molecule has 2 heterocycles. The topological polar surface area (TPSA) is 104 Å². The Morgan fingerprint density at radius 3 is 2.54 bits per heavy atom. The molecule has 28 heavy (non-hydrogen) atoms. The Balaban J connectivity index is 1.54. The second kappa shape index (κ2) is 7.40. The summed E-state index contributed by atoms with van der Waals surface area (Å²) in [5, 5.41) is 2.85. The maximum absolute atomic E-state index is 12.7. The number of anilines is 1. The molecule has 0 amide bonds. The van der Waals surface area contributed by atoms with Gasteiger partial charge in [-0.15, -0.1) is 4.40 Å². The van der Waals surface area contributed by atoms with Crippen LogP contribution < -0.4 is 5.32 Å². The maximum atomic E-state index is 12.7. The number of aromatic amines is 1. The normalized spacial score (nSPS) is 15.8. The summed E-state index contributed by atoms with van der Waals surface area (Å²) in [6.45, 7) is 0. The molecule has 1 aliphatic heterocycles. The average molecular weight is 394 g/mol. The highest BCUT2D eigenvalue weighted by Crippen LogP contribution is 2.29. The van der Waals surface area contributed by atoms with E-state index in [9.17, 15) is 13.2 Å². The van der Waals surface area contributed by atoms with E-state index in [1.165, 1.54) is 6.07 Å². The standard InChI is InChI=1S/C20H18N4O3S/c25-17(20-23-16-8-4-5-9-18(16)28(26,27)24-20)11-10-15(19-21-12-13-22-19)14-6-2-1-3-7-14/h1-9,12-13,15H,10-11H2,(H,21,22)(H,23,24). The van der Waals surface area contributed by atoms with E-state index >= 15 is 0 Å². The minimum Gasteiger partial charge on any atom is -0.348 e. The van der Waals surface area contributed by atoms with Crippen LogP contribution in [0.1, 0.15) is 30.1 Å². The van der Waals surface area contributed by atoms with E-state index in [1.807, 2.05) is 30.3 Å². The Kier molecular flexibility index (Phi) is 4.79. The molecule has 0 radical (unpaired) electrons. The van der Waals surface area contributed by atoms with Crippen molar-refractivity contribution < 1.29 is 13.2 Å². The molecule has 0 saturated heterocycles. The Hall–Kier alpha value is -3.26. The molecule has 1 aliphatic rings. The molecule has 0 bridgehead atoms. The van der Waals surface area contributed by atoms with Gasteiger partial charge in [0.05, 0.1) is 5.69 Å². The monoisotopic (exact) mass is 394 g/mol. The SMILES string of the molecule is O=C(CCC(c1ccccc1)c1ncc[nH]1)C1=NS(=O)(=O)c2ccccc2N1. The summed E-state index contributed by atoms with van der Waals surface area (Å²) in [7, 11) is -3.88. The number of carbonyl (C=O) groups is 1. The van der Waals surface area contributed by atoms with Crippen molar-refractivity contribution in [2.24, 2.45) is 4.40 Å². The van der Waals surface area contributed by atoms with Gasteiger partial charge in [0.25, 0.3) is 10.0 Å². The highest BCUT2D eigenvalue weighted by Gasteiger charge is 2.28. The van der Waals surface area contributed by atoms with Crippen molar-refractivity contribution in [3.8, 4) is 0 Å². The number of carbonyl (C=O) groups excluding carboxylic acids is 1. The van der Waals surface area contributed by atoms with Gasteiger partial charge in [0, 0.05) is 24.7 Å². The maximum Gasteiger partial charge on any atom is 0.286 e. The molecule has 3 aromatic rings. The first kappa shape index (κ1) is 18.1. The first-order valence-corrected chi connectivity index (χ1v) is 10.3. The van der Waals surface area contributed by atoms with Gasteiger partial charge in [0.1, 0.15) is 10.7 Å². The molecule has 8 heteroatoms. The number of hydrogen-bond acceptors (Lipinski definition) is 5. The zero-order valence-electron chi connectivity index (χ0n) is 14.9. The van der Waals surface area contributed by atoms with Crippen molar-refractivity contribution in [1.82, 2.24) is 9.97 Å². The average Bonchev–Trinajstić information content (AvgIpc) is 3.23. The number of benzene rings is 2. The van der Waals surface area contributed by atoms with Crippen molar-refractivity contribution in [2.75, 3.05) is 5.32 Å². The zero-order valence-corrected chi connectivity index (χ0v) is 15.7. The molecule has 0 aliphatic carbocycles. The first-order chi connectivity index (χ1) is 13.5. The fraction of sp³-hybridized carbons (Fsp3) is 0.150. The number of sulfonamides is 1. The van der Waals surface area contributed by atoms with Gasteiger partial charge in [-0.3, -0.25) is 4.79 Å². The molecule has 1 aromatic heterocycles. The molecular formula is C20H18N4O3S. The van der Waals surface area contributed by atoms with Gasteiger partial charge in [0.15, 0.2) is 11.6 Å². The fourth-order valence-electron chi connectivity index (χ4n) is 3.24. The van der Waals surface area contributed by atoms with Crippen molar-refractivity contribution in [1.29, 1.82) is 0 Å². The zero-order chi connectivity index (χ0) is 19.6. The van der Waals surface area contributed by atoms with Crippen LogP contribution in [0.5, 0.6) is 0 Å². The predicted molar refractivity (Wildman–Crippen MR) is 106 cm³/mol. The highest BCUT2D eigenvalue weighted by molar-refractivity contribution is 7.90. The van der Waals surface area contributed by atoms with Gasteiger partial charge < -0.3 is 10.3 Å². The molecular weight excluding hydrogens is 376 g/mol. The molecule has 2 aromatic carbocycles. The predicted octanol–water partition coefficient (Wildman–Crippen LogP) is 3.10. The van der Waals surface area contributed by atoms with Crippen LogP contribution in [0.15, 0.2) is 76.3 Å². The molecule has 4 rings (SSSR count). The number of fused-ring (bicyclic) bond motifs is 1. The lowest BCUT2D eigenvalue weighted by Crippen LogP contribution is -2.29. The van der Waals surface area contributed by atoms with E-state index in [0.29, 0.717) is 12.1 Å². The van der Waals surface area contributed by atoms with Crippen LogP contribution >= 0.6 is 0 Å². The summed E-state index contributed by atoms with van der Waals surface area (Å²) in [5.41, 5.74) is 1.40. The van der Waals surface area contributed by atoms with E-state index in [4.69, 9.17) is 0 Å². The van der Waals surface area contributed by atoms with Crippen LogP contribution in [0.3, 0.4) is 0 Å². The second-order valence-electron chi connectivity index (χ2n) is 6.44. The first-order valence-electron chi connectivity index (χ1n) is 8.83. The summed E-state index contributed by atoms with van der Waals surface area (Å²) < 4.78 is 28.4. The fourth-order valence-corrected chi connectivity index (χ4v) is 4.38.